The van der Waals surface area contributed by atoms with Crippen LogP contribution in [0.2, 0.25) is 0 Å². The second kappa shape index (κ2) is 8.50. The summed E-state index contributed by atoms with van der Waals surface area (Å²) in [5.41, 5.74) is 1.43. The molecule has 0 aliphatic rings. The van der Waals surface area contributed by atoms with Gasteiger partial charge in [-0.05, 0) is 18.2 Å². The number of ether oxygens (including phenoxy) is 2. The highest BCUT2D eigenvalue weighted by Gasteiger charge is 2.12. The Bertz CT molecular complexity index is 945. The molecular formula is C19H18FN3O3S. The third-order valence-electron chi connectivity index (χ3n) is 3.77. The number of carbonyl (C=O) groups excluding carboxylic acids is 1. The second-order valence-corrected chi connectivity index (χ2v) is 6.36. The van der Waals surface area contributed by atoms with Crippen LogP contribution in [0.1, 0.15) is 16.1 Å². The normalized spacial score (nSPS) is 10.3. The first-order chi connectivity index (χ1) is 13.1. The van der Waals surface area contributed by atoms with Gasteiger partial charge in [-0.2, -0.15) is 0 Å². The molecular weight excluding hydrogens is 369 g/mol. The van der Waals surface area contributed by atoms with Gasteiger partial charge in [0.25, 0.3) is 5.91 Å². The Kier molecular flexibility index (Phi) is 5.87. The van der Waals surface area contributed by atoms with E-state index in [4.69, 9.17) is 9.47 Å². The van der Waals surface area contributed by atoms with E-state index in [2.05, 4.69) is 15.6 Å². The molecule has 0 spiro atoms. The zero-order valence-electron chi connectivity index (χ0n) is 14.8. The Morgan fingerprint density at radius 2 is 1.93 bits per heavy atom. The lowest BCUT2D eigenvalue weighted by Gasteiger charge is -2.09. The van der Waals surface area contributed by atoms with Crippen molar-refractivity contribution in [1.82, 2.24) is 10.3 Å². The smallest absolute Gasteiger partial charge is 0.271 e. The van der Waals surface area contributed by atoms with Gasteiger partial charge in [-0.25, -0.2) is 9.37 Å². The SMILES string of the molecule is COc1ccc(Nc2nc(C(=O)NCc3ccccc3F)cs2)cc1OC. The number of hydrogen-bond acceptors (Lipinski definition) is 6. The molecule has 1 aromatic heterocycles. The predicted octanol–water partition coefficient (Wildman–Crippen LogP) is 3.97. The minimum Gasteiger partial charge on any atom is -0.493 e. The Morgan fingerprint density at radius 1 is 1.15 bits per heavy atom. The van der Waals surface area contributed by atoms with Crippen LogP contribution in [-0.2, 0) is 6.54 Å². The molecule has 2 N–H and O–H groups in total. The highest BCUT2D eigenvalue weighted by atomic mass is 32.1. The molecule has 0 fully saturated rings. The second-order valence-electron chi connectivity index (χ2n) is 5.51. The van der Waals surface area contributed by atoms with E-state index < -0.39 is 0 Å². The molecule has 0 bridgehead atoms. The molecule has 8 heteroatoms. The quantitative estimate of drug-likeness (QED) is 0.642. The average molecular weight is 387 g/mol. The van der Waals surface area contributed by atoms with Gasteiger partial charge in [0.15, 0.2) is 16.6 Å². The molecule has 0 aliphatic heterocycles. The summed E-state index contributed by atoms with van der Waals surface area (Å²) in [7, 11) is 3.13. The Labute approximate surface area is 160 Å². The van der Waals surface area contributed by atoms with Crippen molar-refractivity contribution in [3.8, 4) is 11.5 Å². The maximum Gasteiger partial charge on any atom is 0.271 e. The van der Waals surface area contributed by atoms with Crippen molar-refractivity contribution in [3.63, 3.8) is 0 Å². The Morgan fingerprint density at radius 3 is 2.67 bits per heavy atom. The summed E-state index contributed by atoms with van der Waals surface area (Å²) in [6.45, 7) is 0.0987. The average Bonchev–Trinajstić information content (AvgIpc) is 3.15. The molecule has 0 aliphatic carbocycles. The number of nitrogens with zero attached hydrogens (tertiary/aromatic N) is 1. The number of halogens is 1. The topological polar surface area (TPSA) is 72.5 Å². The number of amides is 1. The first-order valence-electron chi connectivity index (χ1n) is 8.07. The van der Waals surface area contributed by atoms with Crippen LogP contribution in [0.4, 0.5) is 15.2 Å². The highest BCUT2D eigenvalue weighted by molar-refractivity contribution is 7.14. The van der Waals surface area contributed by atoms with Gasteiger partial charge in [0.1, 0.15) is 11.5 Å². The van der Waals surface area contributed by atoms with Gasteiger partial charge in [-0.1, -0.05) is 18.2 Å². The number of thiazole rings is 1. The van der Waals surface area contributed by atoms with Crippen LogP contribution >= 0.6 is 11.3 Å². The lowest BCUT2D eigenvalue weighted by Crippen LogP contribution is -2.23. The van der Waals surface area contributed by atoms with Gasteiger partial charge in [-0.3, -0.25) is 4.79 Å². The zero-order valence-corrected chi connectivity index (χ0v) is 15.6. The summed E-state index contributed by atoms with van der Waals surface area (Å²) in [4.78, 5) is 16.5. The van der Waals surface area contributed by atoms with Crippen molar-refractivity contribution in [1.29, 1.82) is 0 Å². The van der Waals surface area contributed by atoms with E-state index in [9.17, 15) is 9.18 Å². The molecule has 6 nitrogen and oxygen atoms in total. The fourth-order valence-electron chi connectivity index (χ4n) is 2.38. The third kappa shape index (κ3) is 4.53. The van der Waals surface area contributed by atoms with Crippen molar-refractivity contribution >= 4 is 28.1 Å². The standard InChI is InChI=1S/C19H18FN3O3S/c1-25-16-8-7-13(9-17(16)26-2)22-19-23-15(11-27-19)18(24)21-10-12-5-3-4-6-14(12)20/h3-9,11H,10H2,1-2H3,(H,21,24)(H,22,23). The van der Waals surface area contributed by atoms with Gasteiger partial charge in [0.05, 0.1) is 14.2 Å². The van der Waals surface area contributed by atoms with Crippen LogP contribution in [0.5, 0.6) is 11.5 Å². The van der Waals surface area contributed by atoms with Crippen LogP contribution in [0.25, 0.3) is 0 Å². The van der Waals surface area contributed by atoms with Gasteiger partial charge < -0.3 is 20.1 Å². The number of nitrogens with one attached hydrogen (secondary N) is 2. The molecule has 0 saturated heterocycles. The van der Waals surface area contributed by atoms with Crippen molar-refractivity contribution in [2.75, 3.05) is 19.5 Å². The van der Waals surface area contributed by atoms with Crippen LogP contribution in [0, 0.1) is 5.82 Å². The van der Waals surface area contributed by atoms with Crippen molar-refractivity contribution in [2.24, 2.45) is 0 Å². The van der Waals surface area contributed by atoms with E-state index in [0.29, 0.717) is 22.2 Å². The number of methoxy groups -OCH3 is 2. The summed E-state index contributed by atoms with van der Waals surface area (Å²) in [5, 5.41) is 7.98. The van der Waals surface area contributed by atoms with Crippen molar-refractivity contribution in [2.45, 2.75) is 6.54 Å². The maximum atomic E-state index is 13.6. The molecule has 0 atom stereocenters. The minimum absolute atomic E-state index is 0.0987. The molecule has 1 amide bonds. The van der Waals surface area contributed by atoms with Crippen LogP contribution in [-0.4, -0.2) is 25.1 Å². The lowest BCUT2D eigenvalue weighted by atomic mass is 10.2. The van der Waals surface area contributed by atoms with E-state index >= 15 is 0 Å². The molecule has 0 unspecified atom stereocenters. The summed E-state index contributed by atoms with van der Waals surface area (Å²) < 4.78 is 24.1. The van der Waals surface area contributed by atoms with Gasteiger partial charge in [0.2, 0.25) is 0 Å². The molecule has 0 saturated carbocycles. The molecule has 3 rings (SSSR count). The highest BCUT2D eigenvalue weighted by Crippen LogP contribution is 2.31. The van der Waals surface area contributed by atoms with Gasteiger partial charge in [0, 0.05) is 29.2 Å². The van der Waals surface area contributed by atoms with E-state index in [1.54, 1.807) is 49.9 Å². The van der Waals surface area contributed by atoms with E-state index in [1.165, 1.54) is 17.4 Å². The number of anilines is 2. The molecule has 3 aromatic rings. The summed E-state index contributed by atoms with van der Waals surface area (Å²) in [6.07, 6.45) is 0. The number of hydrogen-bond donors (Lipinski definition) is 2. The van der Waals surface area contributed by atoms with Gasteiger partial charge >= 0.3 is 0 Å². The number of rotatable bonds is 7. The summed E-state index contributed by atoms with van der Waals surface area (Å²) in [6, 6.07) is 11.7. The van der Waals surface area contributed by atoms with Crippen LogP contribution in [0.15, 0.2) is 47.8 Å². The third-order valence-corrected chi connectivity index (χ3v) is 4.53. The zero-order chi connectivity index (χ0) is 19.2. The molecule has 2 aromatic carbocycles. The van der Waals surface area contributed by atoms with E-state index in [0.717, 1.165) is 5.69 Å². The number of aromatic nitrogens is 1. The molecule has 1 heterocycles. The minimum atomic E-state index is -0.366. The largest absolute Gasteiger partial charge is 0.493 e. The van der Waals surface area contributed by atoms with Crippen LogP contribution in [0.3, 0.4) is 0 Å². The summed E-state index contributed by atoms with van der Waals surface area (Å²) >= 11 is 1.29. The van der Waals surface area contributed by atoms with Gasteiger partial charge in [-0.15, -0.1) is 11.3 Å². The van der Waals surface area contributed by atoms with Crippen LogP contribution < -0.4 is 20.1 Å². The fourth-order valence-corrected chi connectivity index (χ4v) is 3.09. The van der Waals surface area contributed by atoms with Crippen molar-refractivity contribution in [3.05, 3.63) is 64.9 Å². The number of benzene rings is 2. The maximum absolute atomic E-state index is 13.6. The predicted molar refractivity (Wildman–Crippen MR) is 103 cm³/mol. The van der Waals surface area contributed by atoms with E-state index in [-0.39, 0.29) is 24.0 Å². The monoisotopic (exact) mass is 387 g/mol. The fraction of sp³-hybridized carbons (Fsp3) is 0.158. The van der Waals surface area contributed by atoms with Crippen molar-refractivity contribution < 1.29 is 18.7 Å². The molecule has 0 radical (unpaired) electrons. The number of carbonyl (C=O) groups is 1. The molecule has 140 valence electrons. The first-order valence-corrected chi connectivity index (χ1v) is 8.95. The lowest BCUT2D eigenvalue weighted by molar-refractivity contribution is 0.0946. The molecule has 27 heavy (non-hydrogen) atoms. The summed E-state index contributed by atoms with van der Waals surface area (Å²) in [5.74, 6) is 0.485. The Balaban J connectivity index is 1.64. The Hall–Kier alpha value is -3.13. The first kappa shape index (κ1) is 18.7. The van der Waals surface area contributed by atoms with E-state index in [1.807, 2.05) is 6.07 Å².